The molecule has 1 aromatic rings. The molecule has 0 spiro atoms. The molecule has 1 rings (SSSR count). The summed E-state index contributed by atoms with van der Waals surface area (Å²) in [7, 11) is 2.65. The lowest BCUT2D eigenvalue weighted by Gasteiger charge is -2.13. The third-order valence-electron chi connectivity index (χ3n) is 2.10. The van der Waals surface area contributed by atoms with Crippen molar-refractivity contribution in [2.45, 2.75) is 6.04 Å². The molecule has 3 N–H and O–H groups in total. The number of carboxylic acid groups (broad SMARTS) is 1. The summed E-state index contributed by atoms with van der Waals surface area (Å²) in [6.45, 7) is 0. The van der Waals surface area contributed by atoms with Gasteiger partial charge in [0.1, 0.15) is 11.8 Å². The first-order chi connectivity index (χ1) is 7.51. The van der Waals surface area contributed by atoms with Gasteiger partial charge in [0.05, 0.1) is 14.2 Å². The quantitative estimate of drug-likeness (QED) is 0.802. The number of hydrogen-bond acceptors (Lipinski definition) is 4. The van der Waals surface area contributed by atoms with Crippen LogP contribution < -0.4 is 15.2 Å². The van der Waals surface area contributed by atoms with E-state index in [1.54, 1.807) is 0 Å². The summed E-state index contributed by atoms with van der Waals surface area (Å²) >= 11 is 0. The van der Waals surface area contributed by atoms with Gasteiger partial charge in [0, 0.05) is 11.6 Å². The fourth-order valence-electron chi connectivity index (χ4n) is 1.22. The number of carbonyl (C=O) groups is 1. The Morgan fingerprint density at radius 1 is 1.44 bits per heavy atom. The molecule has 0 heterocycles. The lowest BCUT2D eigenvalue weighted by atomic mass is 10.1. The highest BCUT2D eigenvalue weighted by atomic mass is 19.1. The molecule has 0 fully saturated rings. The highest BCUT2D eigenvalue weighted by molar-refractivity contribution is 5.75. The normalized spacial score (nSPS) is 12.0. The molecule has 88 valence electrons. The van der Waals surface area contributed by atoms with Gasteiger partial charge in [0.2, 0.25) is 0 Å². The summed E-state index contributed by atoms with van der Waals surface area (Å²) in [5.74, 6) is -1.94. The van der Waals surface area contributed by atoms with Gasteiger partial charge in [-0.3, -0.25) is 4.79 Å². The summed E-state index contributed by atoms with van der Waals surface area (Å²) in [5, 5.41) is 8.71. The smallest absolute Gasteiger partial charge is 0.325 e. The third kappa shape index (κ3) is 2.22. The Labute approximate surface area is 91.6 Å². The lowest BCUT2D eigenvalue weighted by molar-refractivity contribution is -0.138. The number of aliphatic carboxylic acids is 1. The molecule has 1 unspecified atom stereocenters. The van der Waals surface area contributed by atoms with E-state index in [9.17, 15) is 9.18 Å². The molecule has 5 nitrogen and oxygen atoms in total. The topological polar surface area (TPSA) is 81.8 Å². The molecule has 0 saturated heterocycles. The zero-order valence-electron chi connectivity index (χ0n) is 8.86. The van der Waals surface area contributed by atoms with Gasteiger partial charge in [-0.1, -0.05) is 0 Å². The van der Waals surface area contributed by atoms with Crippen molar-refractivity contribution in [3.8, 4) is 11.5 Å². The Hall–Kier alpha value is -1.82. The summed E-state index contributed by atoms with van der Waals surface area (Å²) in [5.41, 5.74) is 5.16. The molecule has 0 radical (unpaired) electrons. The number of ether oxygens (including phenoxy) is 2. The van der Waals surface area contributed by atoms with Crippen molar-refractivity contribution in [2.75, 3.05) is 14.2 Å². The van der Waals surface area contributed by atoms with Crippen LogP contribution in [0, 0.1) is 5.82 Å². The minimum Gasteiger partial charge on any atom is -0.497 e. The maximum absolute atomic E-state index is 13.7. The molecule has 0 aromatic heterocycles. The van der Waals surface area contributed by atoms with Crippen LogP contribution in [0.2, 0.25) is 0 Å². The molecular weight excluding hydrogens is 217 g/mol. The van der Waals surface area contributed by atoms with E-state index in [-0.39, 0.29) is 17.1 Å². The van der Waals surface area contributed by atoms with Crippen LogP contribution in [0.25, 0.3) is 0 Å². The minimum atomic E-state index is -1.45. The van der Waals surface area contributed by atoms with Crippen LogP contribution in [0.5, 0.6) is 11.5 Å². The van der Waals surface area contributed by atoms with Crippen LogP contribution in [-0.4, -0.2) is 25.3 Å². The summed E-state index contributed by atoms with van der Waals surface area (Å²) in [6, 6.07) is 1.09. The van der Waals surface area contributed by atoms with Crippen LogP contribution in [0.15, 0.2) is 12.1 Å². The first-order valence-corrected chi connectivity index (χ1v) is 4.41. The molecule has 16 heavy (non-hydrogen) atoms. The van der Waals surface area contributed by atoms with Gasteiger partial charge in [0.15, 0.2) is 11.6 Å². The number of carboxylic acids is 1. The Bertz CT molecular complexity index is 408. The van der Waals surface area contributed by atoms with Crippen molar-refractivity contribution in [3.05, 3.63) is 23.5 Å². The predicted molar refractivity (Wildman–Crippen MR) is 54.1 cm³/mol. The summed E-state index contributed by atoms with van der Waals surface area (Å²) < 4.78 is 23.3. The fraction of sp³-hybridized carbons (Fsp3) is 0.300. The standard InChI is InChI=1S/C10H12FNO4/c1-15-5-3-6(9(12)10(13)14)8(11)7(4-5)16-2/h3-4,9H,12H2,1-2H3,(H,13,14). The number of benzene rings is 1. The monoisotopic (exact) mass is 229 g/mol. The first-order valence-electron chi connectivity index (χ1n) is 4.41. The van der Waals surface area contributed by atoms with Crippen molar-refractivity contribution in [1.82, 2.24) is 0 Å². The van der Waals surface area contributed by atoms with Crippen molar-refractivity contribution in [2.24, 2.45) is 5.73 Å². The summed E-state index contributed by atoms with van der Waals surface area (Å²) in [6.07, 6.45) is 0. The Morgan fingerprint density at radius 3 is 2.50 bits per heavy atom. The lowest BCUT2D eigenvalue weighted by Crippen LogP contribution is -2.22. The first kappa shape index (κ1) is 12.3. The van der Waals surface area contributed by atoms with Gasteiger partial charge in [-0.25, -0.2) is 4.39 Å². The van der Waals surface area contributed by atoms with Crippen LogP contribution in [-0.2, 0) is 4.79 Å². The van der Waals surface area contributed by atoms with Crippen molar-refractivity contribution >= 4 is 5.97 Å². The molecular formula is C10H12FNO4. The second-order valence-corrected chi connectivity index (χ2v) is 3.05. The number of hydrogen-bond donors (Lipinski definition) is 2. The Kier molecular flexibility index (Phi) is 3.68. The van der Waals surface area contributed by atoms with E-state index >= 15 is 0 Å². The number of halogens is 1. The molecule has 0 saturated carbocycles. The molecule has 1 aromatic carbocycles. The molecule has 0 aliphatic carbocycles. The van der Waals surface area contributed by atoms with Crippen molar-refractivity contribution in [3.63, 3.8) is 0 Å². The van der Waals surface area contributed by atoms with Crippen LogP contribution in [0.3, 0.4) is 0 Å². The summed E-state index contributed by atoms with van der Waals surface area (Å²) in [4.78, 5) is 10.7. The third-order valence-corrected chi connectivity index (χ3v) is 2.10. The van der Waals surface area contributed by atoms with E-state index in [0.29, 0.717) is 0 Å². The largest absolute Gasteiger partial charge is 0.497 e. The van der Waals surface area contributed by atoms with E-state index in [0.717, 1.165) is 0 Å². The Morgan fingerprint density at radius 2 is 2.06 bits per heavy atom. The minimum absolute atomic E-state index is 0.106. The zero-order valence-corrected chi connectivity index (χ0v) is 8.86. The van der Waals surface area contributed by atoms with Gasteiger partial charge >= 0.3 is 5.97 Å². The second-order valence-electron chi connectivity index (χ2n) is 3.05. The van der Waals surface area contributed by atoms with E-state index in [1.165, 1.54) is 26.4 Å². The molecule has 0 amide bonds. The SMILES string of the molecule is COc1cc(OC)c(F)c(C(N)C(=O)O)c1. The number of rotatable bonds is 4. The molecule has 0 bridgehead atoms. The van der Waals surface area contributed by atoms with Crippen molar-refractivity contribution < 1.29 is 23.8 Å². The second kappa shape index (κ2) is 4.80. The highest BCUT2D eigenvalue weighted by Gasteiger charge is 2.22. The van der Waals surface area contributed by atoms with Crippen LogP contribution >= 0.6 is 0 Å². The molecule has 0 aliphatic rings. The molecule has 0 aliphatic heterocycles. The van der Waals surface area contributed by atoms with E-state index in [1.807, 2.05) is 0 Å². The van der Waals surface area contributed by atoms with E-state index in [2.05, 4.69) is 0 Å². The maximum Gasteiger partial charge on any atom is 0.325 e. The molecule has 6 heteroatoms. The average molecular weight is 229 g/mol. The maximum atomic E-state index is 13.7. The van der Waals surface area contributed by atoms with Gasteiger partial charge in [-0.05, 0) is 6.07 Å². The van der Waals surface area contributed by atoms with Gasteiger partial charge in [-0.15, -0.1) is 0 Å². The molecule has 1 atom stereocenters. The Balaban J connectivity index is 3.31. The van der Waals surface area contributed by atoms with Gasteiger partial charge in [0.25, 0.3) is 0 Å². The van der Waals surface area contributed by atoms with E-state index < -0.39 is 17.8 Å². The average Bonchev–Trinajstić information content (AvgIpc) is 2.28. The number of methoxy groups -OCH3 is 2. The number of nitrogens with two attached hydrogens (primary N) is 1. The van der Waals surface area contributed by atoms with Crippen LogP contribution in [0.1, 0.15) is 11.6 Å². The fourth-order valence-corrected chi connectivity index (χ4v) is 1.22. The van der Waals surface area contributed by atoms with E-state index in [4.69, 9.17) is 20.3 Å². The zero-order chi connectivity index (χ0) is 12.3. The highest BCUT2D eigenvalue weighted by Crippen LogP contribution is 2.30. The van der Waals surface area contributed by atoms with Gasteiger partial charge in [-0.2, -0.15) is 0 Å². The van der Waals surface area contributed by atoms with Crippen molar-refractivity contribution in [1.29, 1.82) is 0 Å². The predicted octanol–water partition coefficient (Wildman–Crippen LogP) is 0.927. The van der Waals surface area contributed by atoms with Gasteiger partial charge < -0.3 is 20.3 Å². The van der Waals surface area contributed by atoms with Crippen LogP contribution in [0.4, 0.5) is 4.39 Å².